The van der Waals surface area contributed by atoms with Crippen molar-refractivity contribution in [2.75, 3.05) is 0 Å². The predicted molar refractivity (Wildman–Crippen MR) is 38.9 cm³/mol. The molecule has 0 aromatic rings. The van der Waals surface area contributed by atoms with Crippen LogP contribution in [0.4, 0.5) is 0 Å². The molecule has 68 valence electrons. The molecule has 5 nitrogen and oxygen atoms in total. The topological polar surface area (TPSA) is 75.6 Å². The molecule has 0 radical (unpaired) electrons. The number of esters is 1. The summed E-state index contributed by atoms with van der Waals surface area (Å²) in [5.74, 6) is -0.836. The molecule has 5 heteroatoms. The molecule has 1 saturated heterocycles. The largest absolute Gasteiger partial charge is 0.434 e. The number of nitrogens with one attached hydrogen (secondary N) is 1. The molecule has 0 saturated carbocycles. The Labute approximate surface area is 69.7 Å². The lowest BCUT2D eigenvalue weighted by Gasteiger charge is -2.24. The van der Waals surface area contributed by atoms with Crippen molar-refractivity contribution in [3.05, 3.63) is 0 Å². The molecular weight excluding hydrogens is 162 g/mol. The summed E-state index contributed by atoms with van der Waals surface area (Å²) in [5.41, 5.74) is 0. The van der Waals surface area contributed by atoms with Crippen molar-refractivity contribution in [2.45, 2.75) is 32.1 Å². The van der Waals surface area contributed by atoms with Gasteiger partial charge in [-0.25, -0.2) is 4.79 Å². The third-order valence-corrected chi connectivity index (χ3v) is 1.62. The second kappa shape index (κ2) is 3.53. The number of rotatable bonds is 1. The lowest BCUT2D eigenvalue weighted by molar-refractivity contribution is -0.180. The Kier molecular flexibility index (Phi) is 2.65. The van der Waals surface area contributed by atoms with E-state index in [9.17, 15) is 9.59 Å². The maximum absolute atomic E-state index is 10.9. The van der Waals surface area contributed by atoms with Gasteiger partial charge in [0.25, 0.3) is 0 Å². The summed E-state index contributed by atoms with van der Waals surface area (Å²) in [6.07, 6.45) is -0.210. The van der Waals surface area contributed by atoms with Gasteiger partial charge < -0.3 is 15.2 Å². The number of hydrogen-bond donors (Lipinski definition) is 2. The second-order valence-corrected chi connectivity index (χ2v) is 2.72. The van der Waals surface area contributed by atoms with Gasteiger partial charge in [-0.1, -0.05) is 0 Å². The summed E-state index contributed by atoms with van der Waals surface area (Å²) in [7, 11) is 0. The van der Waals surface area contributed by atoms with Crippen LogP contribution in [0.5, 0.6) is 0 Å². The zero-order valence-corrected chi connectivity index (χ0v) is 6.74. The Balaban J connectivity index is 2.45. The highest BCUT2D eigenvalue weighted by molar-refractivity contribution is 5.83. The SMILES string of the molecule is CC(=O)N[C@H]1CCC(O)OC1=O. The summed E-state index contributed by atoms with van der Waals surface area (Å²) < 4.78 is 4.50. The van der Waals surface area contributed by atoms with Crippen LogP contribution in [0.25, 0.3) is 0 Å². The number of ether oxygens (including phenoxy) is 1. The van der Waals surface area contributed by atoms with Gasteiger partial charge in [-0.2, -0.15) is 0 Å². The van der Waals surface area contributed by atoms with Crippen LogP contribution >= 0.6 is 0 Å². The fourth-order valence-corrected chi connectivity index (χ4v) is 1.08. The first kappa shape index (κ1) is 8.99. The second-order valence-electron chi connectivity index (χ2n) is 2.72. The summed E-state index contributed by atoms with van der Waals surface area (Å²) in [6.45, 7) is 1.33. The van der Waals surface area contributed by atoms with Crippen LogP contribution in [-0.2, 0) is 14.3 Å². The first-order valence-corrected chi connectivity index (χ1v) is 3.75. The first-order valence-electron chi connectivity index (χ1n) is 3.75. The van der Waals surface area contributed by atoms with Gasteiger partial charge in [-0.3, -0.25) is 4.79 Å². The van der Waals surface area contributed by atoms with Crippen molar-refractivity contribution in [3.8, 4) is 0 Å². The van der Waals surface area contributed by atoms with E-state index in [1.807, 2.05) is 0 Å². The minimum atomic E-state index is -1.01. The van der Waals surface area contributed by atoms with E-state index in [-0.39, 0.29) is 5.91 Å². The summed E-state index contributed by atoms with van der Waals surface area (Å²) in [4.78, 5) is 21.5. The molecular formula is C7H11NO4. The van der Waals surface area contributed by atoms with E-state index in [0.29, 0.717) is 12.8 Å². The van der Waals surface area contributed by atoms with E-state index in [4.69, 9.17) is 5.11 Å². The molecule has 0 bridgehead atoms. The lowest BCUT2D eigenvalue weighted by atomic mass is 10.1. The fraction of sp³-hybridized carbons (Fsp3) is 0.714. The average Bonchev–Trinajstić information content (AvgIpc) is 1.94. The summed E-state index contributed by atoms with van der Waals surface area (Å²) in [5, 5.41) is 11.3. The minimum absolute atomic E-state index is 0.270. The van der Waals surface area contributed by atoms with Crippen LogP contribution < -0.4 is 5.32 Å². The van der Waals surface area contributed by atoms with Gasteiger partial charge in [0.15, 0.2) is 0 Å². The number of cyclic esters (lactones) is 1. The molecule has 1 unspecified atom stereocenters. The molecule has 0 spiro atoms. The molecule has 1 heterocycles. The van der Waals surface area contributed by atoms with Crippen LogP contribution in [0.1, 0.15) is 19.8 Å². The Morgan fingerprint density at radius 2 is 2.33 bits per heavy atom. The highest BCUT2D eigenvalue weighted by Gasteiger charge is 2.29. The van der Waals surface area contributed by atoms with Crippen LogP contribution in [0.2, 0.25) is 0 Å². The highest BCUT2D eigenvalue weighted by atomic mass is 16.6. The number of hydrogen-bond acceptors (Lipinski definition) is 4. The van der Waals surface area contributed by atoms with Gasteiger partial charge >= 0.3 is 5.97 Å². The van der Waals surface area contributed by atoms with E-state index in [1.165, 1.54) is 6.92 Å². The number of aliphatic hydroxyl groups is 1. The minimum Gasteiger partial charge on any atom is -0.434 e. The molecule has 1 aliphatic heterocycles. The fourth-order valence-electron chi connectivity index (χ4n) is 1.08. The highest BCUT2D eigenvalue weighted by Crippen LogP contribution is 2.12. The van der Waals surface area contributed by atoms with Crippen molar-refractivity contribution in [3.63, 3.8) is 0 Å². The maximum Gasteiger partial charge on any atom is 0.330 e. The molecule has 0 aromatic carbocycles. The number of carbonyl (C=O) groups excluding carboxylic acids is 2. The Hall–Kier alpha value is -1.10. The van der Waals surface area contributed by atoms with Gasteiger partial charge in [-0.15, -0.1) is 0 Å². The zero-order valence-electron chi connectivity index (χ0n) is 6.74. The Bertz CT molecular complexity index is 204. The maximum atomic E-state index is 10.9. The average molecular weight is 173 g/mol. The van der Waals surface area contributed by atoms with Crippen LogP contribution in [0.15, 0.2) is 0 Å². The monoisotopic (exact) mass is 173 g/mol. The van der Waals surface area contributed by atoms with Crippen molar-refractivity contribution >= 4 is 11.9 Å². The van der Waals surface area contributed by atoms with Gasteiger partial charge in [0.05, 0.1) is 0 Å². The summed E-state index contributed by atoms with van der Waals surface area (Å²) in [6, 6.07) is -0.592. The molecule has 1 fully saturated rings. The third kappa shape index (κ3) is 2.20. The van der Waals surface area contributed by atoms with Gasteiger partial charge in [0, 0.05) is 13.3 Å². The number of amides is 1. The molecule has 1 amide bonds. The number of aliphatic hydroxyl groups excluding tert-OH is 1. The smallest absolute Gasteiger partial charge is 0.330 e. The molecule has 0 aromatic heterocycles. The normalized spacial score (nSPS) is 29.3. The standard InChI is InChI=1S/C7H11NO4/c1-4(9)8-5-2-3-6(10)12-7(5)11/h5-6,10H,2-3H2,1H3,(H,8,9)/t5-,6?/m0/s1. The zero-order chi connectivity index (χ0) is 9.14. The van der Waals surface area contributed by atoms with E-state index in [1.54, 1.807) is 0 Å². The van der Waals surface area contributed by atoms with E-state index >= 15 is 0 Å². The first-order chi connectivity index (χ1) is 5.59. The van der Waals surface area contributed by atoms with E-state index < -0.39 is 18.3 Å². The van der Waals surface area contributed by atoms with Gasteiger partial charge in [0.1, 0.15) is 6.04 Å². The van der Waals surface area contributed by atoms with E-state index in [2.05, 4.69) is 10.1 Å². The van der Waals surface area contributed by atoms with Crippen molar-refractivity contribution in [2.24, 2.45) is 0 Å². The molecule has 1 aliphatic rings. The molecule has 0 aliphatic carbocycles. The summed E-state index contributed by atoms with van der Waals surface area (Å²) >= 11 is 0. The quantitative estimate of drug-likeness (QED) is 0.506. The predicted octanol–water partition coefficient (Wildman–Crippen LogP) is -0.853. The molecule has 2 N–H and O–H groups in total. The van der Waals surface area contributed by atoms with Gasteiger partial charge in [-0.05, 0) is 6.42 Å². The Morgan fingerprint density at radius 3 is 2.83 bits per heavy atom. The lowest BCUT2D eigenvalue weighted by Crippen LogP contribution is -2.45. The molecule has 1 rings (SSSR count). The van der Waals surface area contributed by atoms with Crippen LogP contribution in [0.3, 0.4) is 0 Å². The Morgan fingerprint density at radius 1 is 1.67 bits per heavy atom. The van der Waals surface area contributed by atoms with Gasteiger partial charge in [0.2, 0.25) is 12.2 Å². The molecule has 12 heavy (non-hydrogen) atoms. The van der Waals surface area contributed by atoms with E-state index in [0.717, 1.165) is 0 Å². The van der Waals surface area contributed by atoms with Crippen molar-refractivity contribution < 1.29 is 19.4 Å². The van der Waals surface area contributed by atoms with Crippen molar-refractivity contribution in [1.82, 2.24) is 5.32 Å². The number of carbonyl (C=O) groups is 2. The van der Waals surface area contributed by atoms with Crippen molar-refractivity contribution in [1.29, 1.82) is 0 Å². The third-order valence-electron chi connectivity index (χ3n) is 1.62. The molecule has 2 atom stereocenters. The van der Waals surface area contributed by atoms with Crippen LogP contribution in [-0.4, -0.2) is 29.3 Å². The van der Waals surface area contributed by atoms with Crippen LogP contribution in [0, 0.1) is 0 Å².